The monoisotopic (exact) mass is 291 g/mol. The molecule has 1 N–H and O–H groups in total. The lowest BCUT2D eigenvalue weighted by Crippen LogP contribution is -2.06. The van der Waals surface area contributed by atoms with Crippen LogP contribution in [-0.4, -0.2) is 23.6 Å². The summed E-state index contributed by atoms with van der Waals surface area (Å²) >= 11 is 9.06. The molecule has 0 saturated heterocycles. The number of anilines is 1. The van der Waals surface area contributed by atoms with Crippen LogP contribution in [0.4, 0.5) is 5.82 Å². The van der Waals surface area contributed by atoms with Crippen LogP contribution in [0.25, 0.3) is 0 Å². The van der Waals surface area contributed by atoms with E-state index in [-0.39, 0.29) is 0 Å². The fourth-order valence-electron chi connectivity index (χ4n) is 0.935. The van der Waals surface area contributed by atoms with Gasteiger partial charge in [-0.05, 0) is 0 Å². The number of hydrogen-bond donors (Lipinski definition) is 1. The molecule has 1 rings (SSSR count). The Labute approximate surface area is 102 Å². The Morgan fingerprint density at radius 2 is 2.40 bits per heavy atom. The van der Waals surface area contributed by atoms with Gasteiger partial charge in [0.15, 0.2) is 5.82 Å². The lowest BCUT2D eigenvalue weighted by atomic mass is 10.5. The molecule has 4 nitrogen and oxygen atoms in total. The summed E-state index contributed by atoms with van der Waals surface area (Å²) < 4.78 is 5.76. The zero-order valence-electron chi connectivity index (χ0n) is 8.26. The summed E-state index contributed by atoms with van der Waals surface area (Å²) in [5.41, 5.74) is 0. The number of nitrogens with zero attached hydrogens (tertiary/aromatic N) is 2. The summed E-state index contributed by atoms with van der Waals surface area (Å²) in [6.45, 7) is 4.63. The Bertz CT molecular complexity index is 359. The van der Waals surface area contributed by atoms with E-state index < -0.39 is 0 Å². The van der Waals surface area contributed by atoms with Gasteiger partial charge < -0.3 is 10.1 Å². The van der Waals surface area contributed by atoms with Crippen molar-refractivity contribution >= 4 is 33.3 Å². The molecule has 82 valence electrons. The molecule has 0 radical (unpaired) electrons. The number of ether oxygens (including phenoxy) is 1. The molecule has 0 aliphatic carbocycles. The summed E-state index contributed by atoms with van der Waals surface area (Å²) in [7, 11) is 1.58. The van der Waals surface area contributed by atoms with Crippen molar-refractivity contribution in [1.82, 2.24) is 9.97 Å². The molecule has 0 spiro atoms. The number of hydrogen-bond acceptors (Lipinski definition) is 4. The van der Waals surface area contributed by atoms with E-state index in [4.69, 9.17) is 16.3 Å². The van der Waals surface area contributed by atoms with Gasteiger partial charge in [0, 0.05) is 24.2 Å². The molecule has 0 bridgehead atoms. The van der Waals surface area contributed by atoms with Crippen molar-refractivity contribution in [2.24, 2.45) is 0 Å². The summed E-state index contributed by atoms with van der Waals surface area (Å²) in [5, 5.41) is 3.43. The van der Waals surface area contributed by atoms with Gasteiger partial charge in [0.1, 0.15) is 17.6 Å². The smallest absolute Gasteiger partial charge is 0.158 e. The van der Waals surface area contributed by atoms with Crippen molar-refractivity contribution in [3.05, 3.63) is 28.1 Å². The highest BCUT2D eigenvalue weighted by molar-refractivity contribution is 9.11. The minimum Gasteiger partial charge on any atom is -0.377 e. The minimum atomic E-state index is 0.338. The molecular formula is C9H11BrClN3O. The number of rotatable bonds is 5. The standard InChI is InChI=1S/C9H11BrClN3O/c1-6(10)4-12-8-3-7(11)13-9(14-8)5-15-2/h3H,1,4-5H2,2H3,(H,12,13,14). The predicted octanol–water partition coefficient (Wildman–Crippen LogP) is 2.60. The molecule has 0 aliphatic rings. The highest BCUT2D eigenvalue weighted by Gasteiger charge is 2.02. The normalized spacial score (nSPS) is 10.1. The maximum Gasteiger partial charge on any atom is 0.158 e. The second-order valence-electron chi connectivity index (χ2n) is 2.80. The molecule has 1 aromatic heterocycles. The summed E-state index contributed by atoms with van der Waals surface area (Å²) in [6, 6.07) is 1.65. The van der Waals surface area contributed by atoms with Gasteiger partial charge in [-0.15, -0.1) is 0 Å². The fourth-order valence-corrected chi connectivity index (χ4v) is 1.28. The molecule has 0 fully saturated rings. The quantitative estimate of drug-likeness (QED) is 0.848. The zero-order chi connectivity index (χ0) is 11.3. The van der Waals surface area contributed by atoms with E-state index in [9.17, 15) is 0 Å². The van der Waals surface area contributed by atoms with Crippen LogP contribution in [0.1, 0.15) is 5.82 Å². The predicted molar refractivity (Wildman–Crippen MR) is 64.3 cm³/mol. The van der Waals surface area contributed by atoms with Crippen molar-refractivity contribution in [2.75, 3.05) is 19.0 Å². The Morgan fingerprint density at radius 3 is 3.00 bits per heavy atom. The van der Waals surface area contributed by atoms with Gasteiger partial charge >= 0.3 is 0 Å². The summed E-state index contributed by atoms with van der Waals surface area (Å²) in [4.78, 5) is 8.21. The topological polar surface area (TPSA) is 47.0 Å². The Kier molecular flexibility index (Phi) is 5.01. The van der Waals surface area contributed by atoms with Crippen LogP contribution in [0.15, 0.2) is 17.1 Å². The van der Waals surface area contributed by atoms with E-state index in [1.165, 1.54) is 0 Å². The maximum atomic E-state index is 5.82. The van der Waals surface area contributed by atoms with E-state index in [2.05, 4.69) is 37.8 Å². The molecule has 0 aromatic carbocycles. The summed E-state index contributed by atoms with van der Waals surface area (Å²) in [6.07, 6.45) is 0. The first-order valence-corrected chi connectivity index (χ1v) is 5.38. The highest BCUT2D eigenvalue weighted by atomic mass is 79.9. The Hall–Kier alpha value is -0.650. The average Bonchev–Trinajstić information content (AvgIpc) is 2.14. The Morgan fingerprint density at radius 1 is 1.67 bits per heavy atom. The molecule has 1 heterocycles. The van der Waals surface area contributed by atoms with Crippen LogP contribution in [-0.2, 0) is 11.3 Å². The molecule has 6 heteroatoms. The van der Waals surface area contributed by atoms with Crippen molar-refractivity contribution in [3.63, 3.8) is 0 Å². The SMILES string of the molecule is C=C(Br)CNc1cc(Cl)nc(COC)n1. The molecule has 0 atom stereocenters. The lowest BCUT2D eigenvalue weighted by Gasteiger charge is -2.06. The van der Waals surface area contributed by atoms with Crippen molar-refractivity contribution in [1.29, 1.82) is 0 Å². The third kappa shape index (κ3) is 4.59. The highest BCUT2D eigenvalue weighted by Crippen LogP contribution is 2.13. The first kappa shape index (κ1) is 12.4. The lowest BCUT2D eigenvalue weighted by molar-refractivity contribution is 0.178. The molecule has 0 unspecified atom stereocenters. The third-order valence-corrected chi connectivity index (χ3v) is 1.95. The molecule has 1 aromatic rings. The van der Waals surface area contributed by atoms with E-state index in [1.54, 1.807) is 13.2 Å². The zero-order valence-corrected chi connectivity index (χ0v) is 10.6. The van der Waals surface area contributed by atoms with Gasteiger partial charge in [-0.25, -0.2) is 9.97 Å². The van der Waals surface area contributed by atoms with E-state index in [0.29, 0.717) is 29.9 Å². The molecule has 15 heavy (non-hydrogen) atoms. The van der Waals surface area contributed by atoms with Gasteiger partial charge in [-0.2, -0.15) is 0 Å². The number of halogens is 2. The van der Waals surface area contributed by atoms with Crippen molar-refractivity contribution in [2.45, 2.75) is 6.61 Å². The van der Waals surface area contributed by atoms with Gasteiger partial charge in [0.25, 0.3) is 0 Å². The van der Waals surface area contributed by atoms with Gasteiger partial charge in [-0.3, -0.25) is 0 Å². The largest absolute Gasteiger partial charge is 0.377 e. The van der Waals surface area contributed by atoms with Crippen LogP contribution < -0.4 is 5.32 Å². The molecular weight excluding hydrogens is 281 g/mol. The van der Waals surface area contributed by atoms with E-state index in [0.717, 1.165) is 4.48 Å². The maximum absolute atomic E-state index is 5.82. The minimum absolute atomic E-state index is 0.338. The number of aromatic nitrogens is 2. The first-order chi connectivity index (χ1) is 7.11. The van der Waals surface area contributed by atoms with Crippen molar-refractivity contribution < 1.29 is 4.74 Å². The first-order valence-electron chi connectivity index (χ1n) is 4.21. The fraction of sp³-hybridized carbons (Fsp3) is 0.333. The third-order valence-electron chi connectivity index (χ3n) is 1.48. The second-order valence-corrected chi connectivity index (χ2v) is 4.30. The van der Waals surface area contributed by atoms with Crippen LogP contribution in [0.2, 0.25) is 5.15 Å². The van der Waals surface area contributed by atoms with Gasteiger partial charge in [-0.1, -0.05) is 34.1 Å². The molecule has 0 saturated carbocycles. The van der Waals surface area contributed by atoms with Gasteiger partial charge in [0.05, 0.1) is 0 Å². The van der Waals surface area contributed by atoms with Gasteiger partial charge in [0.2, 0.25) is 0 Å². The second kappa shape index (κ2) is 6.05. The van der Waals surface area contributed by atoms with Crippen LogP contribution in [0, 0.1) is 0 Å². The average molecular weight is 293 g/mol. The molecule has 0 aliphatic heterocycles. The van der Waals surface area contributed by atoms with Crippen LogP contribution in [0.5, 0.6) is 0 Å². The van der Waals surface area contributed by atoms with Crippen LogP contribution >= 0.6 is 27.5 Å². The Balaban J connectivity index is 2.74. The molecule has 0 amide bonds. The number of methoxy groups -OCH3 is 1. The summed E-state index contributed by atoms with van der Waals surface area (Å²) in [5.74, 6) is 1.20. The van der Waals surface area contributed by atoms with E-state index >= 15 is 0 Å². The van der Waals surface area contributed by atoms with E-state index in [1.807, 2.05) is 0 Å². The number of nitrogens with one attached hydrogen (secondary N) is 1. The van der Waals surface area contributed by atoms with Crippen LogP contribution in [0.3, 0.4) is 0 Å². The van der Waals surface area contributed by atoms with Crippen molar-refractivity contribution in [3.8, 4) is 0 Å².